The van der Waals surface area contributed by atoms with Crippen LogP contribution in [0.4, 0.5) is 4.39 Å². The lowest BCUT2D eigenvalue weighted by Crippen LogP contribution is -2.47. The van der Waals surface area contributed by atoms with Crippen LogP contribution in [0.2, 0.25) is 0 Å². The predicted molar refractivity (Wildman–Crippen MR) is 108 cm³/mol. The van der Waals surface area contributed by atoms with Crippen LogP contribution in [0.15, 0.2) is 59.4 Å². The van der Waals surface area contributed by atoms with Crippen molar-refractivity contribution in [2.75, 3.05) is 6.79 Å². The molecule has 3 aliphatic heterocycles. The Balaban J connectivity index is 1.15. The second kappa shape index (κ2) is 7.34. The molecular formula is C22H18FN5O4. The molecule has 10 heteroatoms. The third-order valence-corrected chi connectivity index (χ3v) is 5.75. The van der Waals surface area contributed by atoms with Crippen molar-refractivity contribution >= 4 is 5.91 Å². The Bertz CT molecular complexity index is 1210. The molecule has 0 radical (unpaired) electrons. The smallest absolute Gasteiger partial charge is 0.251 e. The van der Waals surface area contributed by atoms with E-state index >= 15 is 0 Å². The highest BCUT2D eigenvalue weighted by Crippen LogP contribution is 2.35. The number of carbonyl (C=O) groups is 1. The molecule has 0 saturated carbocycles. The van der Waals surface area contributed by atoms with Crippen LogP contribution in [0.3, 0.4) is 0 Å². The molecule has 2 atom stereocenters. The predicted octanol–water partition coefficient (Wildman–Crippen LogP) is 2.74. The zero-order chi connectivity index (χ0) is 21.7. The number of halogens is 1. The van der Waals surface area contributed by atoms with Gasteiger partial charge in [0.15, 0.2) is 11.5 Å². The van der Waals surface area contributed by atoms with E-state index in [2.05, 4.69) is 15.6 Å². The molecular weight excluding hydrogens is 417 g/mol. The normalized spacial score (nSPS) is 21.3. The molecule has 1 N–H and O–H groups in total. The van der Waals surface area contributed by atoms with Crippen LogP contribution in [-0.4, -0.2) is 38.8 Å². The van der Waals surface area contributed by atoms with Gasteiger partial charge in [-0.1, -0.05) is 17.3 Å². The molecule has 0 aliphatic carbocycles. The summed E-state index contributed by atoms with van der Waals surface area (Å²) in [6, 6.07) is 11.3. The molecule has 1 aromatic heterocycles. The van der Waals surface area contributed by atoms with Gasteiger partial charge < -0.3 is 23.9 Å². The van der Waals surface area contributed by atoms with Gasteiger partial charge in [0.25, 0.3) is 5.91 Å². The first-order valence-electron chi connectivity index (χ1n) is 10.2. The van der Waals surface area contributed by atoms with Gasteiger partial charge in [-0.25, -0.2) is 9.82 Å². The van der Waals surface area contributed by atoms with E-state index in [-0.39, 0.29) is 37.1 Å². The van der Waals surface area contributed by atoms with E-state index in [1.165, 1.54) is 12.1 Å². The average molecular weight is 435 g/mol. The first-order chi connectivity index (χ1) is 15.6. The third-order valence-electron chi connectivity index (χ3n) is 5.75. The fraction of sp³-hybridized carbons (Fsp3) is 0.227. The van der Waals surface area contributed by atoms with Gasteiger partial charge in [0.1, 0.15) is 18.4 Å². The van der Waals surface area contributed by atoms with Crippen molar-refractivity contribution in [2.45, 2.75) is 25.0 Å². The van der Waals surface area contributed by atoms with Gasteiger partial charge in [0.05, 0.1) is 6.04 Å². The Hall–Kier alpha value is -3.92. The number of hydrogen-bond acceptors (Lipinski definition) is 8. The maximum absolute atomic E-state index is 13.2. The lowest BCUT2D eigenvalue weighted by Gasteiger charge is -2.30. The summed E-state index contributed by atoms with van der Waals surface area (Å²) in [4.78, 5) is 19.0. The highest BCUT2D eigenvalue weighted by atomic mass is 19.1. The van der Waals surface area contributed by atoms with Crippen molar-refractivity contribution < 1.29 is 23.2 Å². The number of rotatable bonds is 4. The van der Waals surface area contributed by atoms with Crippen molar-refractivity contribution in [1.29, 1.82) is 0 Å². The molecule has 6 rings (SSSR count). The lowest BCUT2D eigenvalue weighted by atomic mass is 10.0. The SMILES string of the molecule is O=C1C2CC(c3ccc(F)cc3)NN2C=CN1Cc1nc(-c2ccc3c(c2)OCO3)no1. The fourth-order valence-corrected chi connectivity index (χ4v) is 4.10. The average Bonchev–Trinajstić information content (AvgIpc) is 3.55. The summed E-state index contributed by atoms with van der Waals surface area (Å²) in [5.41, 5.74) is 4.96. The molecule has 1 amide bonds. The maximum atomic E-state index is 13.2. The number of hydrazine groups is 1. The number of carbonyl (C=O) groups excluding carboxylic acids is 1. The molecule has 162 valence electrons. The van der Waals surface area contributed by atoms with Gasteiger partial charge >= 0.3 is 0 Å². The minimum absolute atomic E-state index is 0.0739. The summed E-state index contributed by atoms with van der Waals surface area (Å²) >= 11 is 0. The second-order valence-corrected chi connectivity index (χ2v) is 7.74. The van der Waals surface area contributed by atoms with Crippen LogP contribution in [0, 0.1) is 5.82 Å². The second-order valence-electron chi connectivity index (χ2n) is 7.74. The molecule has 3 aromatic rings. The summed E-state index contributed by atoms with van der Waals surface area (Å²) in [7, 11) is 0. The highest BCUT2D eigenvalue weighted by Gasteiger charge is 2.40. The number of benzene rings is 2. The zero-order valence-electron chi connectivity index (χ0n) is 16.8. The van der Waals surface area contributed by atoms with Crippen molar-refractivity contribution in [2.24, 2.45) is 0 Å². The molecule has 1 fully saturated rings. The quantitative estimate of drug-likeness (QED) is 0.669. The zero-order valence-corrected chi connectivity index (χ0v) is 16.8. The van der Waals surface area contributed by atoms with Crippen LogP contribution in [0.5, 0.6) is 11.5 Å². The molecule has 3 aliphatic rings. The fourth-order valence-electron chi connectivity index (χ4n) is 4.10. The van der Waals surface area contributed by atoms with E-state index in [1.807, 2.05) is 12.3 Å². The van der Waals surface area contributed by atoms with E-state index in [0.717, 1.165) is 11.1 Å². The van der Waals surface area contributed by atoms with Crippen LogP contribution < -0.4 is 14.9 Å². The summed E-state index contributed by atoms with van der Waals surface area (Å²) in [5, 5.41) is 5.82. The van der Waals surface area contributed by atoms with E-state index < -0.39 is 0 Å². The number of fused-ring (bicyclic) bond motifs is 2. The Morgan fingerprint density at radius 3 is 2.81 bits per heavy atom. The molecule has 0 bridgehead atoms. The summed E-state index contributed by atoms with van der Waals surface area (Å²) in [5.74, 6) is 1.68. The summed E-state index contributed by atoms with van der Waals surface area (Å²) in [6.45, 7) is 0.354. The minimum Gasteiger partial charge on any atom is -0.454 e. The number of ether oxygens (including phenoxy) is 2. The van der Waals surface area contributed by atoms with Gasteiger partial charge in [0.2, 0.25) is 18.5 Å². The van der Waals surface area contributed by atoms with Crippen LogP contribution in [-0.2, 0) is 11.3 Å². The molecule has 1 saturated heterocycles. The van der Waals surface area contributed by atoms with Crippen molar-refractivity contribution in [3.05, 3.63) is 72.1 Å². The number of aromatic nitrogens is 2. The Kier molecular flexibility index (Phi) is 4.32. The van der Waals surface area contributed by atoms with Crippen molar-refractivity contribution in [3.8, 4) is 22.9 Å². The molecule has 2 unspecified atom stereocenters. The van der Waals surface area contributed by atoms with E-state index in [9.17, 15) is 9.18 Å². The first-order valence-corrected chi connectivity index (χ1v) is 10.2. The number of amides is 1. The van der Waals surface area contributed by atoms with E-state index in [1.54, 1.807) is 40.4 Å². The van der Waals surface area contributed by atoms with E-state index in [4.69, 9.17) is 14.0 Å². The van der Waals surface area contributed by atoms with Gasteiger partial charge in [-0.2, -0.15) is 4.98 Å². The minimum atomic E-state index is -0.369. The monoisotopic (exact) mass is 435 g/mol. The Morgan fingerprint density at radius 1 is 1.09 bits per heavy atom. The lowest BCUT2D eigenvalue weighted by molar-refractivity contribution is -0.135. The van der Waals surface area contributed by atoms with Crippen LogP contribution in [0.1, 0.15) is 23.9 Å². The number of hydrogen-bond donors (Lipinski definition) is 1. The maximum Gasteiger partial charge on any atom is 0.251 e. The topological polar surface area (TPSA) is 93.0 Å². The van der Waals surface area contributed by atoms with Gasteiger partial charge in [-0.3, -0.25) is 4.79 Å². The Labute approximate surface area is 182 Å². The summed E-state index contributed by atoms with van der Waals surface area (Å²) < 4.78 is 29.3. The van der Waals surface area contributed by atoms with Crippen LogP contribution >= 0.6 is 0 Å². The highest BCUT2D eigenvalue weighted by molar-refractivity contribution is 5.84. The third kappa shape index (κ3) is 3.25. The van der Waals surface area contributed by atoms with E-state index in [0.29, 0.717) is 29.6 Å². The molecule has 2 aromatic carbocycles. The van der Waals surface area contributed by atoms with Gasteiger partial charge in [-0.05, 0) is 42.3 Å². The van der Waals surface area contributed by atoms with Gasteiger partial charge in [0, 0.05) is 18.0 Å². The molecule has 32 heavy (non-hydrogen) atoms. The molecule has 0 spiro atoms. The van der Waals surface area contributed by atoms with Crippen molar-refractivity contribution in [1.82, 2.24) is 25.5 Å². The Morgan fingerprint density at radius 2 is 1.94 bits per heavy atom. The molecule has 9 nitrogen and oxygen atoms in total. The molecule has 4 heterocycles. The largest absolute Gasteiger partial charge is 0.454 e. The van der Waals surface area contributed by atoms with Gasteiger partial charge in [-0.15, -0.1) is 0 Å². The van der Waals surface area contributed by atoms with Crippen LogP contribution in [0.25, 0.3) is 11.4 Å². The number of nitrogens with one attached hydrogen (secondary N) is 1. The first kappa shape index (κ1) is 18.8. The number of nitrogens with zero attached hydrogens (tertiary/aromatic N) is 4. The van der Waals surface area contributed by atoms with Crippen molar-refractivity contribution in [3.63, 3.8) is 0 Å². The standard InChI is InChI=1S/C22H18FN5O4/c23-15-4-1-13(2-5-15)16-10-17-22(29)27(7-8-28(17)25-16)11-20-24-21(26-32-20)14-3-6-18-19(9-14)31-12-30-18/h1-9,16-17,25H,10-12H2. The summed E-state index contributed by atoms with van der Waals surface area (Å²) in [6.07, 6.45) is 4.06.